The van der Waals surface area contributed by atoms with Gasteiger partial charge in [-0.2, -0.15) is 0 Å². The van der Waals surface area contributed by atoms with E-state index < -0.39 is 50.5 Å². The van der Waals surface area contributed by atoms with Crippen LogP contribution in [0.1, 0.15) is 31.4 Å². The standard InChI is InChI=1S/C29H26ClF2N5O5S/c1-15(38)41-27-19-3-2-4-23(26(19)42-28(27)30)43(39,40)37-22-8-6-20(31)24(25(22)32)16-5-7-21-17(13-16)14-34-29(36-21)35-18-9-11-33-12-10-18/h2-8,13-14,18,27-28,33,37H,9-12H2,1H3,(H,34,35,36). The number of ether oxygens (including phenoxy) is 2. The molecule has 6 rings (SSSR count). The van der Waals surface area contributed by atoms with Gasteiger partial charge in [0.25, 0.3) is 10.0 Å². The number of anilines is 2. The Balaban J connectivity index is 1.29. The Morgan fingerprint density at radius 3 is 2.70 bits per heavy atom. The van der Waals surface area contributed by atoms with Crippen molar-refractivity contribution in [2.24, 2.45) is 0 Å². The number of piperidine rings is 1. The minimum absolute atomic E-state index is 0.132. The molecule has 1 fully saturated rings. The summed E-state index contributed by atoms with van der Waals surface area (Å²) in [5.74, 6) is -2.30. The molecule has 43 heavy (non-hydrogen) atoms. The summed E-state index contributed by atoms with van der Waals surface area (Å²) in [5.41, 5.74) is -1.09. The monoisotopic (exact) mass is 629 g/mol. The third-order valence-electron chi connectivity index (χ3n) is 7.24. The SMILES string of the molecule is CC(=O)OC1c2cccc(S(=O)(=O)Nc3ccc(F)c(-c4ccc5nc(NC6CCNCC6)ncc5c4)c3F)c2OC1Cl. The molecular formula is C29H26ClF2N5O5S. The average molecular weight is 630 g/mol. The van der Waals surface area contributed by atoms with Crippen LogP contribution in [0.2, 0.25) is 0 Å². The number of hydrogen-bond acceptors (Lipinski definition) is 9. The zero-order valence-electron chi connectivity index (χ0n) is 22.7. The summed E-state index contributed by atoms with van der Waals surface area (Å²) >= 11 is 6.16. The second-order valence-corrected chi connectivity index (χ2v) is 12.3. The van der Waals surface area contributed by atoms with Crippen molar-refractivity contribution < 1.29 is 31.5 Å². The molecule has 224 valence electrons. The number of para-hydroxylation sites is 1. The van der Waals surface area contributed by atoms with E-state index in [9.17, 15) is 13.2 Å². The normalized spacial score (nSPS) is 18.6. The number of halogens is 3. The number of nitrogens with one attached hydrogen (secondary N) is 3. The molecule has 0 spiro atoms. The molecule has 10 nitrogen and oxygen atoms in total. The maximum Gasteiger partial charge on any atom is 0.303 e. The van der Waals surface area contributed by atoms with Gasteiger partial charge in [0.2, 0.25) is 11.5 Å². The fraction of sp³-hybridized carbons (Fsp3) is 0.276. The van der Waals surface area contributed by atoms with Crippen LogP contribution >= 0.6 is 11.6 Å². The number of benzene rings is 3. The van der Waals surface area contributed by atoms with Crippen LogP contribution in [0.25, 0.3) is 22.0 Å². The molecule has 2 aliphatic heterocycles. The van der Waals surface area contributed by atoms with Gasteiger partial charge in [0.15, 0.2) is 11.9 Å². The number of hydrogen-bond donors (Lipinski definition) is 3. The molecule has 3 N–H and O–H groups in total. The molecular weight excluding hydrogens is 604 g/mol. The summed E-state index contributed by atoms with van der Waals surface area (Å²) in [5, 5.41) is 7.17. The first-order chi connectivity index (χ1) is 20.6. The van der Waals surface area contributed by atoms with Gasteiger partial charge in [-0.25, -0.2) is 27.2 Å². The highest BCUT2D eigenvalue weighted by molar-refractivity contribution is 7.92. The molecule has 4 aromatic rings. The molecule has 2 atom stereocenters. The largest absolute Gasteiger partial charge is 0.468 e. The van der Waals surface area contributed by atoms with Gasteiger partial charge in [0.1, 0.15) is 16.5 Å². The van der Waals surface area contributed by atoms with Crippen LogP contribution in [0.15, 0.2) is 59.6 Å². The highest BCUT2D eigenvalue weighted by Gasteiger charge is 2.39. The van der Waals surface area contributed by atoms with Crippen molar-refractivity contribution in [2.75, 3.05) is 23.1 Å². The number of aromatic nitrogens is 2. The Hall–Kier alpha value is -4.07. The first-order valence-electron chi connectivity index (χ1n) is 13.5. The number of fused-ring (bicyclic) bond motifs is 2. The van der Waals surface area contributed by atoms with Gasteiger partial charge in [-0.3, -0.25) is 9.52 Å². The molecule has 3 heterocycles. The third kappa shape index (κ3) is 5.79. The Kier molecular flexibility index (Phi) is 7.79. The number of carbonyl (C=O) groups is 1. The summed E-state index contributed by atoms with van der Waals surface area (Å²) in [4.78, 5) is 20.0. The fourth-order valence-electron chi connectivity index (χ4n) is 5.21. The highest BCUT2D eigenvalue weighted by Crippen LogP contribution is 2.45. The van der Waals surface area contributed by atoms with Crippen LogP contribution in [-0.4, -0.2) is 49.0 Å². The molecule has 3 aromatic carbocycles. The topological polar surface area (TPSA) is 132 Å². The van der Waals surface area contributed by atoms with Crippen molar-refractivity contribution in [1.82, 2.24) is 15.3 Å². The summed E-state index contributed by atoms with van der Waals surface area (Å²) in [6.45, 7) is 3.01. The van der Waals surface area contributed by atoms with E-state index in [2.05, 4.69) is 25.3 Å². The summed E-state index contributed by atoms with van der Waals surface area (Å²) in [6.07, 6.45) is 2.43. The van der Waals surface area contributed by atoms with E-state index in [4.69, 9.17) is 21.1 Å². The van der Waals surface area contributed by atoms with E-state index in [1.807, 2.05) is 0 Å². The lowest BCUT2D eigenvalue weighted by atomic mass is 10.0. The molecule has 0 amide bonds. The van der Waals surface area contributed by atoms with E-state index in [-0.39, 0.29) is 27.8 Å². The molecule has 0 bridgehead atoms. The van der Waals surface area contributed by atoms with Gasteiger partial charge in [0, 0.05) is 30.1 Å². The first kappa shape index (κ1) is 29.0. The predicted molar refractivity (Wildman–Crippen MR) is 156 cm³/mol. The Morgan fingerprint density at radius 1 is 1.14 bits per heavy atom. The second kappa shape index (κ2) is 11.5. The van der Waals surface area contributed by atoms with E-state index in [1.54, 1.807) is 12.3 Å². The van der Waals surface area contributed by atoms with Crippen molar-refractivity contribution in [3.63, 3.8) is 0 Å². The molecule has 1 saturated heterocycles. The average Bonchev–Trinajstić information content (AvgIpc) is 3.29. The van der Waals surface area contributed by atoms with Crippen molar-refractivity contribution in [2.45, 2.75) is 42.4 Å². The van der Waals surface area contributed by atoms with Crippen LogP contribution in [-0.2, 0) is 19.6 Å². The maximum atomic E-state index is 15.8. The van der Waals surface area contributed by atoms with E-state index in [0.29, 0.717) is 16.9 Å². The second-order valence-electron chi connectivity index (χ2n) is 10.2. The van der Waals surface area contributed by atoms with Gasteiger partial charge >= 0.3 is 5.97 Å². The van der Waals surface area contributed by atoms with Gasteiger partial charge in [-0.15, -0.1) is 0 Å². The van der Waals surface area contributed by atoms with Crippen LogP contribution < -0.4 is 20.1 Å². The van der Waals surface area contributed by atoms with Crippen molar-refractivity contribution in [3.8, 4) is 16.9 Å². The van der Waals surface area contributed by atoms with E-state index >= 15 is 8.78 Å². The summed E-state index contributed by atoms with van der Waals surface area (Å²) in [6, 6.07) is 11.1. The maximum absolute atomic E-state index is 15.8. The van der Waals surface area contributed by atoms with Gasteiger partial charge in [-0.1, -0.05) is 29.8 Å². The number of sulfonamides is 1. The highest BCUT2D eigenvalue weighted by atomic mass is 35.5. The van der Waals surface area contributed by atoms with Crippen LogP contribution in [0.5, 0.6) is 5.75 Å². The van der Waals surface area contributed by atoms with E-state index in [0.717, 1.165) is 38.1 Å². The quantitative estimate of drug-likeness (QED) is 0.189. The Morgan fingerprint density at radius 2 is 1.93 bits per heavy atom. The smallest absolute Gasteiger partial charge is 0.303 e. The minimum Gasteiger partial charge on any atom is -0.468 e. The lowest BCUT2D eigenvalue weighted by Gasteiger charge is -2.23. The summed E-state index contributed by atoms with van der Waals surface area (Å²) in [7, 11) is -4.47. The first-order valence-corrected chi connectivity index (χ1v) is 15.4. The molecule has 1 aromatic heterocycles. The Labute approximate surface area is 250 Å². The van der Waals surface area contributed by atoms with Crippen LogP contribution in [0, 0.1) is 11.6 Å². The zero-order chi connectivity index (χ0) is 30.3. The summed E-state index contributed by atoms with van der Waals surface area (Å²) < 4.78 is 70.5. The molecule has 0 radical (unpaired) electrons. The molecule has 0 saturated carbocycles. The fourth-order valence-corrected chi connectivity index (χ4v) is 6.71. The number of alkyl halides is 1. The van der Waals surface area contributed by atoms with Gasteiger partial charge in [-0.05, 0) is 61.8 Å². The van der Waals surface area contributed by atoms with Crippen LogP contribution in [0.4, 0.5) is 20.4 Å². The van der Waals surface area contributed by atoms with Gasteiger partial charge < -0.3 is 20.1 Å². The number of carbonyl (C=O) groups excluding carboxylic acids is 1. The molecule has 2 unspecified atom stereocenters. The third-order valence-corrected chi connectivity index (χ3v) is 8.95. The van der Waals surface area contributed by atoms with Crippen molar-refractivity contribution >= 4 is 50.1 Å². The lowest BCUT2D eigenvalue weighted by molar-refractivity contribution is -0.148. The predicted octanol–water partition coefficient (Wildman–Crippen LogP) is 5.10. The lowest BCUT2D eigenvalue weighted by Crippen LogP contribution is -2.35. The van der Waals surface area contributed by atoms with E-state index in [1.165, 1.54) is 37.3 Å². The number of nitrogens with zero attached hydrogens (tertiary/aromatic N) is 2. The molecule has 2 aliphatic rings. The van der Waals surface area contributed by atoms with Crippen molar-refractivity contribution in [1.29, 1.82) is 0 Å². The van der Waals surface area contributed by atoms with Gasteiger partial charge in [0.05, 0.1) is 16.8 Å². The van der Waals surface area contributed by atoms with Crippen molar-refractivity contribution in [3.05, 3.63) is 71.9 Å². The Bertz CT molecular complexity index is 1840. The number of rotatable bonds is 7. The zero-order valence-corrected chi connectivity index (χ0v) is 24.3. The molecule has 14 heteroatoms. The van der Waals surface area contributed by atoms with Crippen LogP contribution in [0.3, 0.4) is 0 Å². The number of esters is 1. The minimum atomic E-state index is -4.47. The molecule has 0 aliphatic carbocycles.